The standard InChI is InChI=1S/C11H13NO3S2/c1-8(2)15-11-5-4-9(17(3,13)14)6-10(11)12-7-16/h4-6,8H,1-3H3. The molecule has 0 unspecified atom stereocenters. The minimum absolute atomic E-state index is 0.0295. The van der Waals surface area contributed by atoms with E-state index in [4.69, 9.17) is 4.74 Å². The molecule has 1 aromatic rings. The summed E-state index contributed by atoms with van der Waals surface area (Å²) in [5, 5.41) is 2.21. The quantitative estimate of drug-likeness (QED) is 0.624. The third-order valence-electron chi connectivity index (χ3n) is 1.89. The highest BCUT2D eigenvalue weighted by atomic mass is 32.2. The molecule has 0 bridgehead atoms. The second-order valence-corrected chi connectivity index (χ2v) is 5.97. The van der Waals surface area contributed by atoms with E-state index in [-0.39, 0.29) is 11.0 Å². The summed E-state index contributed by atoms with van der Waals surface area (Å²) in [5.74, 6) is 0.491. The highest BCUT2D eigenvalue weighted by molar-refractivity contribution is 7.90. The number of sulfone groups is 1. The number of rotatable bonds is 4. The third-order valence-corrected chi connectivity index (χ3v) is 3.09. The molecule has 0 fully saturated rings. The molecular weight excluding hydrogens is 258 g/mol. The van der Waals surface area contributed by atoms with Crippen LogP contribution < -0.4 is 4.74 Å². The molecule has 0 N–H and O–H groups in total. The first-order chi connectivity index (χ1) is 7.84. The Bertz CT molecular complexity index is 558. The van der Waals surface area contributed by atoms with Gasteiger partial charge in [-0.3, -0.25) is 0 Å². The lowest BCUT2D eigenvalue weighted by molar-refractivity contribution is 0.243. The number of thiocarbonyl (C=S) groups is 1. The van der Waals surface area contributed by atoms with E-state index in [1.807, 2.05) is 13.8 Å². The van der Waals surface area contributed by atoms with E-state index in [0.29, 0.717) is 11.4 Å². The number of benzene rings is 1. The monoisotopic (exact) mass is 271 g/mol. The summed E-state index contributed by atoms with van der Waals surface area (Å²) in [7, 11) is -3.27. The first-order valence-corrected chi connectivity index (χ1v) is 7.23. The van der Waals surface area contributed by atoms with Crippen molar-refractivity contribution >= 4 is 32.9 Å². The molecule has 17 heavy (non-hydrogen) atoms. The van der Waals surface area contributed by atoms with Crippen molar-refractivity contribution in [3.63, 3.8) is 0 Å². The van der Waals surface area contributed by atoms with Gasteiger partial charge >= 0.3 is 0 Å². The van der Waals surface area contributed by atoms with Crippen molar-refractivity contribution in [2.75, 3.05) is 6.26 Å². The minimum atomic E-state index is -3.27. The number of nitrogens with zero attached hydrogens (tertiary/aromatic N) is 1. The lowest BCUT2D eigenvalue weighted by Crippen LogP contribution is -2.06. The summed E-state index contributed by atoms with van der Waals surface area (Å²) in [6.45, 7) is 3.74. The van der Waals surface area contributed by atoms with Crippen molar-refractivity contribution in [3.05, 3.63) is 18.2 Å². The average molecular weight is 271 g/mol. The van der Waals surface area contributed by atoms with Gasteiger partial charge < -0.3 is 4.74 Å². The molecular formula is C11H13NO3S2. The molecule has 0 aromatic heterocycles. The van der Waals surface area contributed by atoms with Crippen LogP contribution in [-0.4, -0.2) is 25.9 Å². The molecule has 0 saturated carbocycles. The maximum Gasteiger partial charge on any atom is 0.175 e. The summed E-state index contributed by atoms with van der Waals surface area (Å²) in [6, 6.07) is 4.48. The van der Waals surface area contributed by atoms with Crippen molar-refractivity contribution in [2.45, 2.75) is 24.8 Å². The van der Waals surface area contributed by atoms with E-state index in [2.05, 4.69) is 22.4 Å². The van der Waals surface area contributed by atoms with Crippen molar-refractivity contribution < 1.29 is 13.2 Å². The summed E-state index contributed by atoms with van der Waals surface area (Å²) in [4.78, 5) is 3.99. The molecule has 0 atom stereocenters. The number of ether oxygens (including phenoxy) is 1. The van der Waals surface area contributed by atoms with Crippen LogP contribution in [0.15, 0.2) is 28.1 Å². The molecule has 92 valence electrons. The van der Waals surface area contributed by atoms with Gasteiger partial charge in [0.15, 0.2) is 9.84 Å². The number of aliphatic imine (C=N–C) groups is 1. The fraction of sp³-hybridized carbons (Fsp3) is 0.364. The van der Waals surface area contributed by atoms with Crippen molar-refractivity contribution in [1.29, 1.82) is 0 Å². The second-order valence-electron chi connectivity index (χ2n) is 3.77. The Balaban J connectivity index is 3.31. The number of isothiocyanates is 1. The Hall–Kier alpha value is -1.23. The van der Waals surface area contributed by atoms with Crippen LogP contribution in [0, 0.1) is 0 Å². The average Bonchev–Trinajstić information content (AvgIpc) is 2.18. The Morgan fingerprint density at radius 2 is 2.06 bits per heavy atom. The Morgan fingerprint density at radius 1 is 1.41 bits per heavy atom. The summed E-state index contributed by atoms with van der Waals surface area (Å²) >= 11 is 4.52. The predicted molar refractivity (Wildman–Crippen MR) is 70.0 cm³/mol. The van der Waals surface area contributed by atoms with Crippen LogP contribution in [-0.2, 0) is 9.84 Å². The van der Waals surface area contributed by atoms with E-state index in [1.165, 1.54) is 12.1 Å². The highest BCUT2D eigenvalue weighted by Gasteiger charge is 2.12. The predicted octanol–water partition coefficient (Wildman–Crippen LogP) is 2.61. The summed E-state index contributed by atoms with van der Waals surface area (Å²) in [5.41, 5.74) is 0.372. The van der Waals surface area contributed by atoms with Gasteiger partial charge in [0.25, 0.3) is 0 Å². The van der Waals surface area contributed by atoms with E-state index < -0.39 is 9.84 Å². The topological polar surface area (TPSA) is 55.7 Å². The summed E-state index contributed by atoms with van der Waals surface area (Å²) in [6.07, 6.45) is 1.11. The van der Waals surface area contributed by atoms with Gasteiger partial charge in [-0.1, -0.05) is 0 Å². The first-order valence-electron chi connectivity index (χ1n) is 4.93. The molecule has 0 amide bonds. The molecule has 0 saturated heterocycles. The van der Waals surface area contributed by atoms with Crippen molar-refractivity contribution in [2.24, 2.45) is 4.99 Å². The molecule has 1 rings (SSSR count). The smallest absolute Gasteiger partial charge is 0.175 e. The van der Waals surface area contributed by atoms with Gasteiger partial charge in [0, 0.05) is 6.26 Å². The fourth-order valence-corrected chi connectivity index (χ4v) is 1.96. The SMILES string of the molecule is CC(C)Oc1ccc(S(C)(=O)=O)cc1N=C=S. The molecule has 0 aliphatic rings. The van der Waals surface area contributed by atoms with Crippen LogP contribution in [0.25, 0.3) is 0 Å². The van der Waals surface area contributed by atoms with E-state index in [9.17, 15) is 8.42 Å². The second kappa shape index (κ2) is 5.40. The largest absolute Gasteiger partial charge is 0.489 e. The van der Waals surface area contributed by atoms with Gasteiger partial charge in [0.1, 0.15) is 11.4 Å². The Morgan fingerprint density at radius 3 is 2.53 bits per heavy atom. The molecule has 0 aliphatic heterocycles. The zero-order valence-corrected chi connectivity index (χ0v) is 11.4. The number of hydrogen-bond donors (Lipinski definition) is 0. The maximum atomic E-state index is 11.4. The first kappa shape index (κ1) is 13.8. The van der Waals surface area contributed by atoms with Gasteiger partial charge in [-0.15, -0.1) is 0 Å². The Labute approximate surface area is 106 Å². The van der Waals surface area contributed by atoms with Gasteiger partial charge in [-0.25, -0.2) is 8.42 Å². The van der Waals surface area contributed by atoms with Crippen LogP contribution in [0.1, 0.15) is 13.8 Å². The molecule has 6 heteroatoms. The molecule has 0 heterocycles. The molecule has 1 aromatic carbocycles. The third kappa shape index (κ3) is 3.93. The van der Waals surface area contributed by atoms with E-state index in [0.717, 1.165) is 6.26 Å². The van der Waals surface area contributed by atoms with Crippen LogP contribution in [0.5, 0.6) is 5.75 Å². The maximum absolute atomic E-state index is 11.4. The zero-order valence-electron chi connectivity index (χ0n) is 9.80. The van der Waals surface area contributed by atoms with Crippen LogP contribution in [0.3, 0.4) is 0 Å². The minimum Gasteiger partial charge on any atom is -0.489 e. The van der Waals surface area contributed by atoms with Gasteiger partial charge in [0.2, 0.25) is 0 Å². The van der Waals surface area contributed by atoms with Crippen LogP contribution in [0.2, 0.25) is 0 Å². The normalized spacial score (nSPS) is 11.1. The lowest BCUT2D eigenvalue weighted by Gasteiger charge is -2.12. The fourth-order valence-electron chi connectivity index (χ4n) is 1.22. The zero-order chi connectivity index (χ0) is 13.1. The van der Waals surface area contributed by atoms with Crippen molar-refractivity contribution in [1.82, 2.24) is 0 Å². The Kier molecular flexibility index (Phi) is 4.40. The molecule has 0 spiro atoms. The van der Waals surface area contributed by atoms with Crippen molar-refractivity contribution in [3.8, 4) is 5.75 Å². The molecule has 4 nitrogen and oxygen atoms in total. The van der Waals surface area contributed by atoms with Gasteiger partial charge in [-0.2, -0.15) is 4.99 Å². The highest BCUT2D eigenvalue weighted by Crippen LogP contribution is 2.30. The molecule has 0 radical (unpaired) electrons. The van der Waals surface area contributed by atoms with E-state index in [1.54, 1.807) is 6.07 Å². The van der Waals surface area contributed by atoms with Gasteiger partial charge in [-0.05, 0) is 44.3 Å². The van der Waals surface area contributed by atoms with Gasteiger partial charge in [0.05, 0.1) is 16.2 Å². The van der Waals surface area contributed by atoms with Crippen LogP contribution in [0.4, 0.5) is 5.69 Å². The van der Waals surface area contributed by atoms with Crippen LogP contribution >= 0.6 is 12.2 Å². The number of hydrogen-bond acceptors (Lipinski definition) is 5. The summed E-state index contributed by atoms with van der Waals surface area (Å²) < 4.78 is 28.3. The van der Waals surface area contributed by atoms with E-state index >= 15 is 0 Å². The lowest BCUT2D eigenvalue weighted by atomic mass is 10.3. The molecule has 0 aliphatic carbocycles.